The average molecular weight is 405 g/mol. The highest BCUT2D eigenvalue weighted by molar-refractivity contribution is 5.87. The number of nitrogens with zero attached hydrogens (tertiary/aromatic N) is 1. The Balaban J connectivity index is 1.59. The monoisotopic (exact) mass is 404 g/mol. The Morgan fingerprint density at radius 3 is 2.50 bits per heavy atom. The maximum atomic E-state index is 13.3. The lowest BCUT2D eigenvalue weighted by molar-refractivity contribution is -0.134. The van der Waals surface area contributed by atoms with Crippen LogP contribution in [0, 0.1) is 18.3 Å². The summed E-state index contributed by atoms with van der Waals surface area (Å²) in [6.45, 7) is 7.28. The molecule has 1 N–H and O–H groups in total. The number of carbonyl (C=O) groups is 2. The van der Waals surface area contributed by atoms with Crippen molar-refractivity contribution in [3.8, 4) is 11.1 Å². The van der Waals surface area contributed by atoms with Gasteiger partial charge in [0.15, 0.2) is 0 Å². The fourth-order valence-electron chi connectivity index (χ4n) is 4.47. The van der Waals surface area contributed by atoms with Crippen molar-refractivity contribution in [3.63, 3.8) is 0 Å². The van der Waals surface area contributed by atoms with Crippen LogP contribution in [0.15, 0.2) is 48.5 Å². The van der Waals surface area contributed by atoms with Crippen LogP contribution >= 0.6 is 0 Å². The third-order valence-corrected chi connectivity index (χ3v) is 6.35. The quantitative estimate of drug-likeness (QED) is 0.778. The first-order valence-electron chi connectivity index (χ1n) is 11.1. The highest BCUT2D eigenvalue weighted by Crippen LogP contribution is 2.39. The van der Waals surface area contributed by atoms with Gasteiger partial charge < -0.3 is 10.2 Å². The molecule has 4 heteroatoms. The van der Waals surface area contributed by atoms with Crippen molar-refractivity contribution >= 4 is 11.8 Å². The second-order valence-electron chi connectivity index (χ2n) is 9.44. The molecule has 2 amide bonds. The molecule has 1 atom stereocenters. The smallest absolute Gasteiger partial charge is 0.228 e. The zero-order chi connectivity index (χ0) is 21.3. The summed E-state index contributed by atoms with van der Waals surface area (Å²) < 4.78 is 0. The number of likely N-dealkylation sites (tertiary alicyclic amines) is 1. The number of aryl methyl sites for hydroxylation is 1. The molecular formula is C26H32N2O2. The Kier molecular flexibility index (Phi) is 5.68. The molecule has 0 bridgehead atoms. The van der Waals surface area contributed by atoms with Crippen molar-refractivity contribution in [2.45, 2.75) is 52.5 Å². The van der Waals surface area contributed by atoms with Crippen LogP contribution in [-0.4, -0.2) is 35.8 Å². The molecule has 4 nitrogen and oxygen atoms in total. The number of hydrogen-bond donors (Lipinski definition) is 1. The number of hydrogen-bond acceptors (Lipinski definition) is 2. The van der Waals surface area contributed by atoms with Crippen molar-refractivity contribution in [2.24, 2.45) is 11.3 Å². The number of carbonyl (C=O) groups excluding carboxylic acids is 2. The minimum atomic E-state index is -0.555. The van der Waals surface area contributed by atoms with E-state index in [0.29, 0.717) is 19.5 Å². The van der Waals surface area contributed by atoms with Crippen molar-refractivity contribution in [1.29, 1.82) is 0 Å². The van der Waals surface area contributed by atoms with Gasteiger partial charge in [0.05, 0.1) is 5.41 Å². The molecule has 0 spiro atoms. The minimum Gasteiger partial charge on any atom is -0.353 e. The van der Waals surface area contributed by atoms with Crippen molar-refractivity contribution in [1.82, 2.24) is 10.2 Å². The number of nitrogens with one attached hydrogen (secondary N) is 1. The van der Waals surface area contributed by atoms with Crippen LogP contribution in [0.5, 0.6) is 0 Å². The molecular weight excluding hydrogens is 372 g/mol. The molecule has 0 radical (unpaired) electrons. The Morgan fingerprint density at radius 1 is 1.10 bits per heavy atom. The fraction of sp³-hybridized carbons (Fsp3) is 0.462. The summed E-state index contributed by atoms with van der Waals surface area (Å²) >= 11 is 0. The van der Waals surface area contributed by atoms with E-state index in [1.807, 2.05) is 18.7 Å². The van der Waals surface area contributed by atoms with Gasteiger partial charge in [-0.2, -0.15) is 0 Å². The van der Waals surface area contributed by atoms with Gasteiger partial charge in [0, 0.05) is 25.0 Å². The van der Waals surface area contributed by atoms with Gasteiger partial charge in [-0.3, -0.25) is 9.59 Å². The average Bonchev–Trinajstić information content (AvgIpc) is 3.48. The number of rotatable bonds is 6. The van der Waals surface area contributed by atoms with E-state index in [2.05, 4.69) is 60.8 Å². The van der Waals surface area contributed by atoms with Crippen molar-refractivity contribution in [3.05, 3.63) is 59.7 Å². The SMILES string of the molecule is Cc1ccc(-c2cccc(CC3(C(=O)NC(C)C)CCN(C(=O)C4CC4)C3)c2)cc1. The summed E-state index contributed by atoms with van der Waals surface area (Å²) in [5, 5.41) is 3.13. The molecule has 158 valence electrons. The molecule has 0 aromatic heterocycles. The van der Waals surface area contributed by atoms with Gasteiger partial charge in [0.1, 0.15) is 0 Å². The third kappa shape index (κ3) is 4.43. The highest BCUT2D eigenvalue weighted by Gasteiger charge is 2.48. The van der Waals surface area contributed by atoms with Gasteiger partial charge in [0.25, 0.3) is 0 Å². The first-order chi connectivity index (χ1) is 14.4. The molecule has 1 aliphatic carbocycles. The molecule has 1 unspecified atom stereocenters. The fourth-order valence-corrected chi connectivity index (χ4v) is 4.47. The molecule has 2 aromatic carbocycles. The molecule has 1 aliphatic heterocycles. The summed E-state index contributed by atoms with van der Waals surface area (Å²) in [7, 11) is 0. The van der Waals surface area contributed by atoms with Crippen LogP contribution in [-0.2, 0) is 16.0 Å². The van der Waals surface area contributed by atoms with Gasteiger partial charge in [0.2, 0.25) is 11.8 Å². The zero-order valence-corrected chi connectivity index (χ0v) is 18.3. The lowest BCUT2D eigenvalue weighted by atomic mass is 9.79. The van der Waals surface area contributed by atoms with Crippen LogP contribution in [0.3, 0.4) is 0 Å². The van der Waals surface area contributed by atoms with Crippen LogP contribution in [0.2, 0.25) is 0 Å². The van der Waals surface area contributed by atoms with E-state index in [1.165, 1.54) is 11.1 Å². The Bertz CT molecular complexity index is 930. The van der Waals surface area contributed by atoms with Crippen molar-refractivity contribution < 1.29 is 9.59 Å². The summed E-state index contributed by atoms with van der Waals surface area (Å²) in [6, 6.07) is 17.1. The van der Waals surface area contributed by atoms with E-state index in [-0.39, 0.29) is 23.8 Å². The largest absolute Gasteiger partial charge is 0.353 e. The topological polar surface area (TPSA) is 49.4 Å². The highest BCUT2D eigenvalue weighted by atomic mass is 16.2. The summed E-state index contributed by atoms with van der Waals surface area (Å²) in [5.41, 5.74) is 4.18. The predicted octanol–water partition coefficient (Wildman–Crippen LogP) is 4.36. The molecule has 30 heavy (non-hydrogen) atoms. The predicted molar refractivity (Wildman–Crippen MR) is 120 cm³/mol. The summed E-state index contributed by atoms with van der Waals surface area (Å²) in [4.78, 5) is 27.9. The second kappa shape index (κ2) is 8.25. The molecule has 2 aliphatic rings. The van der Waals surface area contributed by atoms with E-state index in [1.54, 1.807) is 0 Å². The van der Waals surface area contributed by atoms with Crippen LogP contribution < -0.4 is 5.32 Å². The van der Waals surface area contributed by atoms with Gasteiger partial charge >= 0.3 is 0 Å². The van der Waals surface area contributed by atoms with Gasteiger partial charge in [-0.25, -0.2) is 0 Å². The van der Waals surface area contributed by atoms with E-state index in [9.17, 15) is 9.59 Å². The maximum absolute atomic E-state index is 13.3. The van der Waals surface area contributed by atoms with E-state index in [4.69, 9.17) is 0 Å². The molecule has 2 fully saturated rings. The van der Waals surface area contributed by atoms with Gasteiger partial charge in [-0.15, -0.1) is 0 Å². The number of amides is 2. The molecule has 4 rings (SSSR count). The van der Waals surface area contributed by atoms with Crippen LogP contribution in [0.4, 0.5) is 0 Å². The number of benzene rings is 2. The molecule has 2 aromatic rings. The lowest BCUT2D eigenvalue weighted by Crippen LogP contribution is -2.47. The minimum absolute atomic E-state index is 0.0735. The first kappa shape index (κ1) is 20.6. The third-order valence-electron chi connectivity index (χ3n) is 6.35. The maximum Gasteiger partial charge on any atom is 0.228 e. The standard InChI is InChI=1S/C26H32N2O2/c1-18(2)27-25(30)26(13-14-28(17-26)24(29)22-11-12-22)16-20-5-4-6-23(15-20)21-9-7-19(3)8-10-21/h4-10,15,18,22H,11-14,16-17H2,1-3H3,(H,27,30). The molecule has 1 heterocycles. The summed E-state index contributed by atoms with van der Waals surface area (Å²) in [5.74, 6) is 0.505. The van der Waals surface area contributed by atoms with Crippen molar-refractivity contribution in [2.75, 3.05) is 13.1 Å². The van der Waals surface area contributed by atoms with Gasteiger partial charge in [-0.05, 0) is 63.1 Å². The zero-order valence-electron chi connectivity index (χ0n) is 18.3. The Labute approximate surface area is 179 Å². The molecule has 1 saturated carbocycles. The Hall–Kier alpha value is -2.62. The van der Waals surface area contributed by atoms with E-state index < -0.39 is 5.41 Å². The van der Waals surface area contributed by atoms with Crippen LogP contribution in [0.1, 0.15) is 44.2 Å². The second-order valence-corrected chi connectivity index (χ2v) is 9.44. The van der Waals surface area contributed by atoms with E-state index in [0.717, 1.165) is 30.4 Å². The van der Waals surface area contributed by atoms with Crippen LogP contribution in [0.25, 0.3) is 11.1 Å². The van der Waals surface area contributed by atoms with Gasteiger partial charge in [-0.1, -0.05) is 54.1 Å². The molecule has 1 saturated heterocycles. The van der Waals surface area contributed by atoms with E-state index >= 15 is 0 Å². The lowest BCUT2D eigenvalue weighted by Gasteiger charge is -2.29. The normalized spacial score (nSPS) is 21.1. The summed E-state index contributed by atoms with van der Waals surface area (Å²) in [6.07, 6.45) is 3.37. The first-order valence-corrected chi connectivity index (χ1v) is 11.1. The Morgan fingerprint density at radius 2 is 1.83 bits per heavy atom.